The highest BCUT2D eigenvalue weighted by Gasteiger charge is 2.44. The van der Waals surface area contributed by atoms with Gasteiger partial charge >= 0.3 is 0 Å². The lowest BCUT2D eigenvalue weighted by Gasteiger charge is -2.30. The molecular weight excluding hydrogens is 492 g/mol. The number of morpholine rings is 1. The lowest BCUT2D eigenvalue weighted by Crippen LogP contribution is -2.39. The molecule has 2 aliphatic heterocycles. The zero-order chi connectivity index (χ0) is 26.8. The predicted molar refractivity (Wildman–Crippen MR) is 140 cm³/mol. The number of hydrogen-bond acceptors (Lipinski definition) is 9. The van der Waals surface area contributed by atoms with Crippen LogP contribution in [0.2, 0.25) is 0 Å². The first kappa shape index (κ1) is 25.9. The Morgan fingerprint density at radius 1 is 0.868 bits per heavy atom. The third-order valence-corrected chi connectivity index (χ3v) is 7.18. The van der Waals surface area contributed by atoms with Crippen LogP contribution in [-0.2, 0) is 4.74 Å². The van der Waals surface area contributed by atoms with Crippen LogP contribution in [0.4, 0.5) is 0 Å². The Morgan fingerprint density at radius 3 is 2.26 bits per heavy atom. The molecule has 3 heterocycles. The molecule has 10 nitrogen and oxygen atoms in total. The van der Waals surface area contributed by atoms with E-state index in [2.05, 4.69) is 4.90 Å². The monoisotopic (exact) mass is 524 g/mol. The predicted octanol–water partition coefficient (Wildman–Crippen LogP) is 3.09. The second kappa shape index (κ2) is 10.9. The van der Waals surface area contributed by atoms with Gasteiger partial charge in [-0.3, -0.25) is 14.5 Å². The third kappa shape index (κ3) is 4.54. The van der Waals surface area contributed by atoms with E-state index in [-0.39, 0.29) is 22.7 Å². The Morgan fingerprint density at radius 2 is 1.58 bits per heavy atom. The van der Waals surface area contributed by atoms with Crippen LogP contribution < -0.4 is 24.4 Å². The number of benzene rings is 2. The van der Waals surface area contributed by atoms with Gasteiger partial charge in [-0.25, -0.2) is 0 Å². The van der Waals surface area contributed by atoms with Crippen LogP contribution in [0.25, 0.3) is 11.0 Å². The fraction of sp³-hybridized carbons (Fsp3) is 0.429. The summed E-state index contributed by atoms with van der Waals surface area (Å²) in [7, 11) is 6.16. The number of rotatable bonds is 9. The second-order valence-electron chi connectivity index (χ2n) is 9.19. The van der Waals surface area contributed by atoms with E-state index in [0.29, 0.717) is 65.7 Å². The number of carbonyl (C=O) groups is 1. The van der Waals surface area contributed by atoms with Crippen molar-refractivity contribution in [2.24, 2.45) is 0 Å². The Hall–Kier alpha value is -3.76. The highest BCUT2D eigenvalue weighted by atomic mass is 16.5. The van der Waals surface area contributed by atoms with Crippen LogP contribution in [0.15, 0.2) is 39.5 Å². The molecule has 1 fully saturated rings. The highest BCUT2D eigenvalue weighted by Crippen LogP contribution is 2.45. The largest absolute Gasteiger partial charge is 0.497 e. The van der Waals surface area contributed by atoms with E-state index in [9.17, 15) is 9.59 Å². The molecule has 0 saturated carbocycles. The van der Waals surface area contributed by atoms with Gasteiger partial charge in [0.05, 0.1) is 58.6 Å². The molecule has 1 amide bonds. The fourth-order valence-corrected chi connectivity index (χ4v) is 5.24. The molecule has 202 valence electrons. The first-order valence-corrected chi connectivity index (χ1v) is 12.6. The molecule has 5 rings (SSSR count). The van der Waals surface area contributed by atoms with Gasteiger partial charge in [0, 0.05) is 43.9 Å². The van der Waals surface area contributed by atoms with Crippen molar-refractivity contribution < 1.29 is 32.9 Å². The molecule has 38 heavy (non-hydrogen) atoms. The molecule has 0 radical (unpaired) electrons. The smallest absolute Gasteiger partial charge is 0.290 e. The van der Waals surface area contributed by atoms with Gasteiger partial charge in [0.2, 0.25) is 5.76 Å². The molecule has 1 saturated heterocycles. The number of fused-ring (bicyclic) bond motifs is 2. The molecule has 1 unspecified atom stereocenters. The molecule has 0 bridgehead atoms. The average molecular weight is 525 g/mol. The van der Waals surface area contributed by atoms with E-state index in [1.807, 2.05) is 0 Å². The van der Waals surface area contributed by atoms with Crippen molar-refractivity contribution >= 4 is 16.9 Å². The average Bonchev–Trinajstić information content (AvgIpc) is 3.23. The quantitative estimate of drug-likeness (QED) is 0.418. The normalized spacial score (nSPS) is 17.5. The first-order valence-electron chi connectivity index (χ1n) is 12.6. The van der Waals surface area contributed by atoms with Crippen molar-refractivity contribution in [2.75, 3.05) is 67.8 Å². The third-order valence-electron chi connectivity index (χ3n) is 7.18. The van der Waals surface area contributed by atoms with Gasteiger partial charge in [-0.05, 0) is 24.6 Å². The van der Waals surface area contributed by atoms with Crippen molar-refractivity contribution in [1.82, 2.24) is 9.80 Å². The zero-order valence-corrected chi connectivity index (χ0v) is 22.1. The first-order chi connectivity index (χ1) is 18.5. The number of carbonyl (C=O) groups excluding carboxylic acids is 1. The summed E-state index contributed by atoms with van der Waals surface area (Å²) in [6, 6.07) is 7.73. The van der Waals surface area contributed by atoms with Crippen molar-refractivity contribution in [3.8, 4) is 23.0 Å². The number of hydrogen-bond donors (Lipinski definition) is 0. The van der Waals surface area contributed by atoms with E-state index in [1.54, 1.807) is 49.5 Å². The second-order valence-corrected chi connectivity index (χ2v) is 9.19. The number of amides is 1. The van der Waals surface area contributed by atoms with Crippen LogP contribution in [-0.4, -0.2) is 83.5 Å². The van der Waals surface area contributed by atoms with Crippen LogP contribution in [0.3, 0.4) is 0 Å². The number of nitrogens with zero attached hydrogens (tertiary/aromatic N) is 2. The van der Waals surface area contributed by atoms with Gasteiger partial charge < -0.3 is 33.0 Å². The molecular formula is C28H32N2O8. The summed E-state index contributed by atoms with van der Waals surface area (Å²) in [6.45, 7) is 4.34. The van der Waals surface area contributed by atoms with Gasteiger partial charge in [-0.15, -0.1) is 0 Å². The number of methoxy groups -OCH3 is 4. The van der Waals surface area contributed by atoms with E-state index in [0.717, 1.165) is 19.6 Å². The fourth-order valence-electron chi connectivity index (χ4n) is 5.24. The van der Waals surface area contributed by atoms with E-state index in [4.69, 9.17) is 28.1 Å². The minimum absolute atomic E-state index is 0.0314. The van der Waals surface area contributed by atoms with Crippen LogP contribution in [0.5, 0.6) is 23.0 Å². The van der Waals surface area contributed by atoms with Crippen molar-refractivity contribution in [1.29, 1.82) is 0 Å². The summed E-state index contributed by atoms with van der Waals surface area (Å²) in [6.07, 6.45) is 0.716. The molecule has 1 atom stereocenters. The highest BCUT2D eigenvalue weighted by molar-refractivity contribution is 5.99. The zero-order valence-electron chi connectivity index (χ0n) is 22.1. The van der Waals surface area contributed by atoms with Crippen LogP contribution in [0.1, 0.15) is 34.1 Å². The van der Waals surface area contributed by atoms with E-state index in [1.165, 1.54) is 14.2 Å². The van der Waals surface area contributed by atoms with Gasteiger partial charge in [-0.1, -0.05) is 0 Å². The summed E-state index contributed by atoms with van der Waals surface area (Å²) < 4.78 is 33.6. The molecule has 3 aromatic rings. The summed E-state index contributed by atoms with van der Waals surface area (Å²) in [5.41, 5.74) is 0.928. The molecule has 0 spiro atoms. The molecule has 2 aromatic carbocycles. The summed E-state index contributed by atoms with van der Waals surface area (Å²) in [4.78, 5) is 31.7. The van der Waals surface area contributed by atoms with Crippen molar-refractivity contribution in [3.05, 3.63) is 57.4 Å². The maximum Gasteiger partial charge on any atom is 0.290 e. The molecule has 10 heteroatoms. The summed E-state index contributed by atoms with van der Waals surface area (Å²) >= 11 is 0. The Labute approximate surface area is 220 Å². The SMILES string of the molecule is COc1ccc2c(=O)c3c(oc2c1)C(=O)N(CCCN1CCOCC1)C3c1cc(OC)c(OC)cc1OC. The van der Waals surface area contributed by atoms with E-state index < -0.39 is 6.04 Å². The molecule has 1 aromatic heterocycles. The molecule has 0 N–H and O–H groups in total. The number of ether oxygens (including phenoxy) is 5. The minimum Gasteiger partial charge on any atom is -0.497 e. The van der Waals surface area contributed by atoms with Gasteiger partial charge in [0.15, 0.2) is 16.9 Å². The Balaban J connectivity index is 1.62. The van der Waals surface area contributed by atoms with Gasteiger partial charge in [0.1, 0.15) is 17.1 Å². The topological polar surface area (TPSA) is 99.9 Å². The van der Waals surface area contributed by atoms with Gasteiger partial charge in [0.25, 0.3) is 5.91 Å². The Kier molecular flexibility index (Phi) is 7.44. The Bertz CT molecular complexity index is 1400. The van der Waals surface area contributed by atoms with Crippen molar-refractivity contribution in [2.45, 2.75) is 12.5 Å². The molecule has 2 aliphatic rings. The van der Waals surface area contributed by atoms with Crippen LogP contribution >= 0.6 is 0 Å². The standard InChI is InChI=1S/C28H32N2O8/c1-33-17-6-7-18-21(14-17)38-27-24(26(18)31)25(19-15-22(35-3)23(36-4)16-20(19)34-2)30(28(27)32)9-5-8-29-10-12-37-13-11-29/h6-7,14-16,25H,5,8-13H2,1-4H3. The van der Waals surface area contributed by atoms with E-state index >= 15 is 0 Å². The summed E-state index contributed by atoms with van der Waals surface area (Å²) in [5.74, 6) is 1.64. The lowest BCUT2D eigenvalue weighted by molar-refractivity contribution is 0.0353. The molecule has 0 aliphatic carbocycles. The maximum atomic E-state index is 13.9. The van der Waals surface area contributed by atoms with Gasteiger partial charge in [-0.2, -0.15) is 0 Å². The van der Waals surface area contributed by atoms with Crippen LogP contribution in [0, 0.1) is 0 Å². The summed E-state index contributed by atoms with van der Waals surface area (Å²) in [5, 5.41) is 0.372. The maximum absolute atomic E-state index is 13.9. The minimum atomic E-state index is -0.723. The van der Waals surface area contributed by atoms with Crippen molar-refractivity contribution in [3.63, 3.8) is 0 Å². The lowest BCUT2D eigenvalue weighted by atomic mass is 9.97.